The Labute approximate surface area is 78.4 Å². The topological polar surface area (TPSA) is 74.7 Å². The van der Waals surface area contributed by atoms with Gasteiger partial charge in [0.15, 0.2) is 0 Å². The Bertz CT molecular complexity index is 294. The Morgan fingerprint density at radius 2 is 1.85 bits per heavy atom. The van der Waals surface area contributed by atoms with Gasteiger partial charge in [0, 0.05) is 6.54 Å². The molecule has 0 aromatic rings. The van der Waals surface area contributed by atoms with Gasteiger partial charge in [-0.2, -0.15) is 4.31 Å². The largest absolute Gasteiger partial charge is 0.480 e. The minimum absolute atomic E-state index is 0.151. The molecule has 0 aliphatic heterocycles. The van der Waals surface area contributed by atoms with Crippen molar-refractivity contribution in [3.05, 3.63) is 0 Å². The molecule has 78 valence electrons. The summed E-state index contributed by atoms with van der Waals surface area (Å²) >= 11 is 0. The van der Waals surface area contributed by atoms with Gasteiger partial charge in [-0.05, 0) is 13.8 Å². The molecule has 0 spiro atoms. The van der Waals surface area contributed by atoms with E-state index in [4.69, 9.17) is 5.11 Å². The fourth-order valence-electron chi connectivity index (χ4n) is 1.15. The molecule has 0 heterocycles. The van der Waals surface area contributed by atoms with Crippen LogP contribution in [0.4, 0.5) is 0 Å². The van der Waals surface area contributed by atoms with Crippen LogP contribution in [0.1, 0.15) is 20.8 Å². The molecule has 5 nitrogen and oxygen atoms in total. The highest BCUT2D eigenvalue weighted by Gasteiger charge is 2.38. The number of hydrogen-bond acceptors (Lipinski definition) is 3. The number of likely N-dealkylation sites (N-methyl/N-ethyl adjacent to an activating group) is 1. The van der Waals surface area contributed by atoms with Crippen molar-refractivity contribution in [2.45, 2.75) is 26.3 Å². The molecule has 0 aromatic carbocycles. The minimum atomic E-state index is -3.47. The van der Waals surface area contributed by atoms with Crippen molar-refractivity contribution in [3.63, 3.8) is 0 Å². The standard InChI is InChI=1S/C7H15NO4S/c1-5-8(13(4,11)12)7(2,3)6(9)10/h5H2,1-4H3,(H,9,10). The second-order valence-electron chi connectivity index (χ2n) is 3.29. The number of nitrogens with zero attached hydrogens (tertiary/aromatic N) is 1. The molecular formula is C7H15NO4S. The Morgan fingerprint density at radius 3 is 1.92 bits per heavy atom. The lowest BCUT2D eigenvalue weighted by atomic mass is 10.1. The van der Waals surface area contributed by atoms with Crippen LogP contribution in [0.5, 0.6) is 0 Å². The third-order valence-corrected chi connectivity index (χ3v) is 3.35. The molecular weight excluding hydrogens is 194 g/mol. The maximum absolute atomic E-state index is 11.2. The lowest BCUT2D eigenvalue weighted by molar-refractivity contribution is -0.146. The van der Waals surface area contributed by atoms with Crippen molar-refractivity contribution in [2.75, 3.05) is 12.8 Å². The Morgan fingerprint density at radius 1 is 1.46 bits per heavy atom. The molecule has 0 atom stereocenters. The van der Waals surface area contributed by atoms with E-state index in [1.54, 1.807) is 6.92 Å². The Balaban J connectivity index is 5.12. The summed E-state index contributed by atoms with van der Waals surface area (Å²) in [6.07, 6.45) is 1.00. The van der Waals surface area contributed by atoms with Crippen molar-refractivity contribution >= 4 is 16.0 Å². The maximum Gasteiger partial charge on any atom is 0.324 e. The fraction of sp³-hybridized carbons (Fsp3) is 0.857. The highest BCUT2D eigenvalue weighted by atomic mass is 32.2. The van der Waals surface area contributed by atoms with Crippen LogP contribution in [0.2, 0.25) is 0 Å². The minimum Gasteiger partial charge on any atom is -0.480 e. The zero-order valence-corrected chi connectivity index (χ0v) is 9.05. The zero-order valence-electron chi connectivity index (χ0n) is 8.23. The van der Waals surface area contributed by atoms with E-state index in [9.17, 15) is 13.2 Å². The molecule has 0 fully saturated rings. The van der Waals surface area contributed by atoms with E-state index in [0.717, 1.165) is 10.6 Å². The van der Waals surface area contributed by atoms with E-state index in [-0.39, 0.29) is 6.54 Å². The summed E-state index contributed by atoms with van der Waals surface area (Å²) in [6.45, 7) is 4.48. The number of carboxylic acid groups (broad SMARTS) is 1. The Hall–Kier alpha value is -0.620. The first-order valence-electron chi connectivity index (χ1n) is 3.85. The average molecular weight is 209 g/mol. The number of rotatable bonds is 4. The SMILES string of the molecule is CCN(C(C)(C)C(=O)O)S(C)(=O)=O. The van der Waals surface area contributed by atoms with E-state index < -0.39 is 21.5 Å². The van der Waals surface area contributed by atoms with Crippen LogP contribution in [-0.2, 0) is 14.8 Å². The first kappa shape index (κ1) is 12.4. The highest BCUT2D eigenvalue weighted by Crippen LogP contribution is 2.17. The van der Waals surface area contributed by atoms with Crippen LogP contribution in [0.25, 0.3) is 0 Å². The normalized spacial score (nSPS) is 13.3. The first-order chi connectivity index (χ1) is 5.64. The molecule has 6 heteroatoms. The van der Waals surface area contributed by atoms with E-state index in [1.165, 1.54) is 13.8 Å². The maximum atomic E-state index is 11.2. The van der Waals surface area contributed by atoms with Gasteiger partial charge in [0.1, 0.15) is 5.54 Å². The molecule has 0 aliphatic carbocycles. The summed E-state index contributed by atoms with van der Waals surface area (Å²) in [5.74, 6) is -1.15. The predicted octanol–water partition coefficient (Wildman–Crippen LogP) is 0.131. The third kappa shape index (κ3) is 2.67. The lowest BCUT2D eigenvalue weighted by Gasteiger charge is -2.31. The van der Waals surface area contributed by atoms with Crippen molar-refractivity contribution < 1.29 is 18.3 Å². The van der Waals surface area contributed by atoms with Crippen molar-refractivity contribution in [3.8, 4) is 0 Å². The first-order valence-corrected chi connectivity index (χ1v) is 5.70. The van der Waals surface area contributed by atoms with Gasteiger partial charge >= 0.3 is 5.97 Å². The van der Waals surface area contributed by atoms with Gasteiger partial charge in [0.05, 0.1) is 6.26 Å². The summed E-state index contributed by atoms with van der Waals surface area (Å²) in [5, 5.41) is 8.80. The molecule has 13 heavy (non-hydrogen) atoms. The van der Waals surface area contributed by atoms with Crippen LogP contribution < -0.4 is 0 Å². The second-order valence-corrected chi connectivity index (χ2v) is 5.20. The van der Waals surface area contributed by atoms with Crippen LogP contribution in [-0.4, -0.2) is 42.1 Å². The summed E-state index contributed by atoms with van der Waals surface area (Å²) in [5.41, 5.74) is -1.39. The quantitative estimate of drug-likeness (QED) is 0.714. The molecule has 0 aliphatic rings. The number of hydrogen-bond donors (Lipinski definition) is 1. The van der Waals surface area contributed by atoms with Gasteiger partial charge in [-0.1, -0.05) is 6.92 Å². The van der Waals surface area contributed by atoms with E-state index >= 15 is 0 Å². The third-order valence-electron chi connectivity index (χ3n) is 1.83. The van der Waals surface area contributed by atoms with Gasteiger partial charge in [-0.15, -0.1) is 0 Å². The van der Waals surface area contributed by atoms with Crippen molar-refractivity contribution in [1.82, 2.24) is 4.31 Å². The molecule has 0 saturated carbocycles. The van der Waals surface area contributed by atoms with Crippen molar-refractivity contribution in [2.24, 2.45) is 0 Å². The van der Waals surface area contributed by atoms with Gasteiger partial charge in [0.2, 0.25) is 10.0 Å². The Kier molecular flexibility index (Phi) is 3.46. The highest BCUT2D eigenvalue weighted by molar-refractivity contribution is 7.88. The van der Waals surface area contributed by atoms with Crippen molar-refractivity contribution in [1.29, 1.82) is 0 Å². The van der Waals surface area contributed by atoms with Gasteiger partial charge in [-0.25, -0.2) is 8.42 Å². The molecule has 0 rings (SSSR count). The molecule has 0 amide bonds. The molecule has 0 aromatic heterocycles. The van der Waals surface area contributed by atoms with Crippen LogP contribution >= 0.6 is 0 Å². The number of sulfonamides is 1. The monoisotopic (exact) mass is 209 g/mol. The molecule has 0 bridgehead atoms. The summed E-state index contributed by atoms with van der Waals surface area (Å²) in [7, 11) is -3.47. The number of carbonyl (C=O) groups is 1. The van der Waals surface area contributed by atoms with Gasteiger partial charge in [0.25, 0.3) is 0 Å². The second kappa shape index (κ2) is 3.63. The summed E-state index contributed by atoms with van der Waals surface area (Å²) < 4.78 is 23.3. The van der Waals surface area contributed by atoms with E-state index in [0.29, 0.717) is 0 Å². The van der Waals surface area contributed by atoms with Crippen LogP contribution in [0, 0.1) is 0 Å². The van der Waals surface area contributed by atoms with Gasteiger partial charge < -0.3 is 5.11 Å². The lowest BCUT2D eigenvalue weighted by Crippen LogP contribution is -2.52. The number of aliphatic carboxylic acids is 1. The smallest absolute Gasteiger partial charge is 0.324 e. The molecule has 0 unspecified atom stereocenters. The van der Waals surface area contributed by atoms with E-state index in [1.807, 2.05) is 0 Å². The van der Waals surface area contributed by atoms with E-state index in [2.05, 4.69) is 0 Å². The average Bonchev–Trinajstić information content (AvgIpc) is 1.83. The molecule has 0 saturated heterocycles. The summed E-state index contributed by atoms with van der Waals surface area (Å²) in [4.78, 5) is 10.8. The fourth-order valence-corrected chi connectivity index (χ4v) is 2.53. The number of carboxylic acids is 1. The molecule has 1 N–H and O–H groups in total. The van der Waals surface area contributed by atoms with Gasteiger partial charge in [-0.3, -0.25) is 4.79 Å². The zero-order chi connectivity index (χ0) is 10.9. The predicted molar refractivity (Wildman–Crippen MR) is 48.9 cm³/mol. The molecule has 0 radical (unpaired) electrons. The summed E-state index contributed by atoms with van der Waals surface area (Å²) in [6, 6.07) is 0. The van der Waals surface area contributed by atoms with Crippen LogP contribution in [0.3, 0.4) is 0 Å². The van der Waals surface area contributed by atoms with Crippen LogP contribution in [0.15, 0.2) is 0 Å².